The number of nitrogens with zero attached hydrogens (tertiary/aromatic N) is 1. The molecule has 0 atom stereocenters. The number of nitrogens with one attached hydrogen (secondary N) is 2. The third kappa shape index (κ3) is 3.06. The molecule has 1 saturated heterocycles. The van der Waals surface area contributed by atoms with Gasteiger partial charge in [-0.15, -0.1) is 0 Å². The summed E-state index contributed by atoms with van der Waals surface area (Å²) in [6, 6.07) is 6.89. The van der Waals surface area contributed by atoms with Gasteiger partial charge in [0.25, 0.3) is 0 Å². The van der Waals surface area contributed by atoms with E-state index in [2.05, 4.69) is 10.6 Å². The van der Waals surface area contributed by atoms with Gasteiger partial charge in [0.1, 0.15) is 0 Å². The van der Waals surface area contributed by atoms with E-state index in [0.29, 0.717) is 16.3 Å². The van der Waals surface area contributed by atoms with Crippen molar-refractivity contribution < 1.29 is 4.79 Å². The van der Waals surface area contributed by atoms with Crippen molar-refractivity contribution in [1.82, 2.24) is 5.32 Å². The fraction of sp³-hybridized carbons (Fsp3) is 0.429. The highest BCUT2D eigenvalue weighted by molar-refractivity contribution is 6.33. The normalized spacial score (nSPS) is 17.5. The molecule has 1 heterocycles. The zero-order chi connectivity index (χ0) is 13.9. The second kappa shape index (κ2) is 5.60. The van der Waals surface area contributed by atoms with Gasteiger partial charge < -0.3 is 10.6 Å². The quantitative estimate of drug-likeness (QED) is 0.873. The van der Waals surface area contributed by atoms with Gasteiger partial charge in [-0.3, -0.25) is 4.79 Å². The molecular formula is C14H16ClN3O. The minimum Gasteiger partial charge on any atom is -0.324 e. The van der Waals surface area contributed by atoms with Crippen LogP contribution in [-0.4, -0.2) is 19.0 Å². The first-order valence-corrected chi connectivity index (χ1v) is 6.65. The van der Waals surface area contributed by atoms with Gasteiger partial charge in [0.05, 0.1) is 22.3 Å². The van der Waals surface area contributed by atoms with E-state index in [4.69, 9.17) is 16.9 Å². The highest BCUT2D eigenvalue weighted by Gasteiger charge is 2.34. The standard InChI is InChI=1S/C14H16ClN3O/c1-14(4-6-17-7-5-14)13(19)18-12-8-10(9-16)2-3-11(12)15/h2-3,8,17H,4-7H2,1H3,(H,18,19). The monoisotopic (exact) mass is 277 g/mol. The summed E-state index contributed by atoms with van der Waals surface area (Å²) in [7, 11) is 0. The molecule has 5 heteroatoms. The average Bonchev–Trinajstić information content (AvgIpc) is 2.42. The Balaban J connectivity index is 2.16. The van der Waals surface area contributed by atoms with E-state index in [1.54, 1.807) is 18.2 Å². The van der Waals surface area contributed by atoms with Crippen LogP contribution < -0.4 is 10.6 Å². The molecule has 2 N–H and O–H groups in total. The molecule has 1 amide bonds. The molecular weight excluding hydrogens is 262 g/mol. The van der Waals surface area contributed by atoms with Gasteiger partial charge in [-0.2, -0.15) is 5.26 Å². The smallest absolute Gasteiger partial charge is 0.230 e. The number of carbonyl (C=O) groups is 1. The van der Waals surface area contributed by atoms with E-state index in [9.17, 15) is 4.79 Å². The van der Waals surface area contributed by atoms with Crippen molar-refractivity contribution in [1.29, 1.82) is 5.26 Å². The number of hydrogen-bond donors (Lipinski definition) is 2. The zero-order valence-corrected chi connectivity index (χ0v) is 11.5. The van der Waals surface area contributed by atoms with Crippen molar-refractivity contribution in [3.8, 4) is 6.07 Å². The lowest BCUT2D eigenvalue weighted by Crippen LogP contribution is -2.42. The summed E-state index contributed by atoms with van der Waals surface area (Å²) in [4.78, 5) is 12.4. The van der Waals surface area contributed by atoms with Gasteiger partial charge in [-0.05, 0) is 44.1 Å². The van der Waals surface area contributed by atoms with Crippen molar-refractivity contribution in [3.63, 3.8) is 0 Å². The Kier molecular flexibility index (Phi) is 4.08. The van der Waals surface area contributed by atoms with Crippen molar-refractivity contribution >= 4 is 23.2 Å². The van der Waals surface area contributed by atoms with Crippen LogP contribution >= 0.6 is 11.6 Å². The Morgan fingerprint density at radius 2 is 2.16 bits per heavy atom. The SMILES string of the molecule is CC1(C(=O)Nc2cc(C#N)ccc2Cl)CCNCC1. The van der Waals surface area contributed by atoms with Crippen LogP contribution in [0.3, 0.4) is 0 Å². The fourth-order valence-electron chi connectivity index (χ4n) is 2.17. The molecule has 0 unspecified atom stereocenters. The summed E-state index contributed by atoms with van der Waals surface area (Å²) in [6.07, 6.45) is 1.60. The second-order valence-electron chi connectivity index (χ2n) is 5.07. The molecule has 0 aromatic heterocycles. The predicted octanol–water partition coefficient (Wildman–Crippen LogP) is 2.54. The van der Waals surface area contributed by atoms with Crippen LogP contribution in [0, 0.1) is 16.7 Å². The Labute approximate surface area is 117 Å². The molecule has 0 radical (unpaired) electrons. The molecule has 1 aromatic carbocycles. The third-order valence-corrected chi connectivity index (χ3v) is 3.93. The number of piperidine rings is 1. The minimum atomic E-state index is -0.378. The van der Waals surface area contributed by atoms with Crippen LogP contribution in [0.15, 0.2) is 18.2 Å². The first kappa shape index (κ1) is 13.9. The molecule has 1 aliphatic rings. The highest BCUT2D eigenvalue weighted by Crippen LogP contribution is 2.31. The molecule has 19 heavy (non-hydrogen) atoms. The number of rotatable bonds is 2. The van der Waals surface area contributed by atoms with E-state index in [-0.39, 0.29) is 11.3 Å². The van der Waals surface area contributed by atoms with Crippen molar-refractivity contribution in [2.24, 2.45) is 5.41 Å². The van der Waals surface area contributed by atoms with Crippen molar-refractivity contribution in [2.45, 2.75) is 19.8 Å². The second-order valence-corrected chi connectivity index (χ2v) is 5.48. The maximum Gasteiger partial charge on any atom is 0.230 e. The summed E-state index contributed by atoms with van der Waals surface area (Å²) >= 11 is 6.05. The van der Waals surface area contributed by atoms with E-state index in [1.807, 2.05) is 13.0 Å². The van der Waals surface area contributed by atoms with E-state index in [0.717, 1.165) is 25.9 Å². The van der Waals surface area contributed by atoms with Crippen molar-refractivity contribution in [3.05, 3.63) is 28.8 Å². The van der Waals surface area contributed by atoms with Gasteiger partial charge in [-0.25, -0.2) is 0 Å². The molecule has 0 aliphatic carbocycles. The number of benzene rings is 1. The molecule has 0 bridgehead atoms. The summed E-state index contributed by atoms with van der Waals surface area (Å²) in [5.41, 5.74) is 0.609. The fourth-order valence-corrected chi connectivity index (χ4v) is 2.33. The molecule has 1 fully saturated rings. The third-order valence-electron chi connectivity index (χ3n) is 3.60. The molecule has 4 nitrogen and oxygen atoms in total. The van der Waals surface area contributed by atoms with Gasteiger partial charge in [-0.1, -0.05) is 18.5 Å². The van der Waals surface area contributed by atoms with Gasteiger partial charge >= 0.3 is 0 Å². The topological polar surface area (TPSA) is 64.9 Å². The van der Waals surface area contributed by atoms with Gasteiger partial charge in [0.15, 0.2) is 0 Å². The summed E-state index contributed by atoms with van der Waals surface area (Å²) in [5.74, 6) is -0.0361. The first-order chi connectivity index (χ1) is 9.05. The number of amides is 1. The van der Waals surface area contributed by atoms with Crippen LogP contribution in [-0.2, 0) is 4.79 Å². The Morgan fingerprint density at radius 3 is 2.79 bits per heavy atom. The first-order valence-electron chi connectivity index (χ1n) is 6.27. The zero-order valence-electron chi connectivity index (χ0n) is 10.8. The Morgan fingerprint density at radius 1 is 1.47 bits per heavy atom. The average molecular weight is 278 g/mol. The highest BCUT2D eigenvalue weighted by atomic mass is 35.5. The Hall–Kier alpha value is -1.57. The molecule has 0 saturated carbocycles. The van der Waals surface area contributed by atoms with Crippen LogP contribution in [0.5, 0.6) is 0 Å². The largest absolute Gasteiger partial charge is 0.324 e. The van der Waals surface area contributed by atoms with Crippen molar-refractivity contribution in [2.75, 3.05) is 18.4 Å². The van der Waals surface area contributed by atoms with Crippen LogP contribution in [0.25, 0.3) is 0 Å². The van der Waals surface area contributed by atoms with Crippen LogP contribution in [0.4, 0.5) is 5.69 Å². The van der Waals surface area contributed by atoms with Crippen LogP contribution in [0.1, 0.15) is 25.3 Å². The predicted molar refractivity (Wildman–Crippen MR) is 75.0 cm³/mol. The molecule has 1 aliphatic heterocycles. The van der Waals surface area contributed by atoms with E-state index < -0.39 is 0 Å². The summed E-state index contributed by atoms with van der Waals surface area (Å²) < 4.78 is 0. The Bertz CT molecular complexity index is 530. The maximum absolute atomic E-state index is 12.4. The molecule has 2 rings (SSSR count). The maximum atomic E-state index is 12.4. The van der Waals surface area contributed by atoms with Gasteiger partial charge in [0, 0.05) is 5.41 Å². The lowest BCUT2D eigenvalue weighted by molar-refractivity contribution is -0.126. The summed E-state index contributed by atoms with van der Waals surface area (Å²) in [5, 5.41) is 15.4. The lowest BCUT2D eigenvalue weighted by Gasteiger charge is -2.32. The number of anilines is 1. The van der Waals surface area contributed by atoms with Gasteiger partial charge in [0.2, 0.25) is 5.91 Å². The molecule has 0 spiro atoms. The number of halogens is 1. The lowest BCUT2D eigenvalue weighted by atomic mass is 9.80. The van der Waals surface area contributed by atoms with Crippen LogP contribution in [0.2, 0.25) is 5.02 Å². The molecule has 100 valence electrons. The number of hydrogen-bond acceptors (Lipinski definition) is 3. The molecule has 1 aromatic rings. The number of nitriles is 1. The van der Waals surface area contributed by atoms with E-state index >= 15 is 0 Å². The minimum absolute atomic E-state index is 0.0361. The number of carbonyl (C=O) groups excluding carboxylic acids is 1. The summed E-state index contributed by atoms with van der Waals surface area (Å²) in [6.45, 7) is 3.65. The van der Waals surface area contributed by atoms with E-state index in [1.165, 1.54) is 0 Å².